The second-order valence-electron chi connectivity index (χ2n) is 5.29. The molecule has 1 N–H and O–H groups in total. The van der Waals surface area contributed by atoms with Crippen LogP contribution in [0.15, 0.2) is 36.4 Å². The predicted molar refractivity (Wildman–Crippen MR) is 87.9 cm³/mol. The van der Waals surface area contributed by atoms with E-state index in [-0.39, 0.29) is 18.2 Å². The number of anilines is 1. The third-order valence-corrected chi connectivity index (χ3v) is 3.61. The van der Waals surface area contributed by atoms with Crippen LogP contribution >= 0.6 is 0 Å². The molecular formula is C17H18N2O4. The summed E-state index contributed by atoms with van der Waals surface area (Å²) in [5, 5.41) is 13.6. The zero-order valence-corrected chi connectivity index (χ0v) is 13.3. The first-order valence-electron chi connectivity index (χ1n) is 7.12. The molecular weight excluding hydrogens is 296 g/mol. The lowest BCUT2D eigenvalue weighted by atomic mass is 10.1. The molecule has 2 aromatic carbocycles. The molecule has 0 atom stereocenters. The largest absolute Gasteiger partial charge is 0.484 e. The third kappa shape index (κ3) is 4.06. The van der Waals surface area contributed by atoms with Crippen molar-refractivity contribution in [3.05, 3.63) is 63.2 Å². The summed E-state index contributed by atoms with van der Waals surface area (Å²) < 4.78 is 5.39. The maximum absolute atomic E-state index is 12.0. The monoisotopic (exact) mass is 314 g/mol. The second kappa shape index (κ2) is 6.91. The normalized spacial score (nSPS) is 10.2. The number of nitro groups is 1. The smallest absolute Gasteiger partial charge is 0.272 e. The van der Waals surface area contributed by atoms with E-state index < -0.39 is 4.92 Å². The van der Waals surface area contributed by atoms with Gasteiger partial charge in [0, 0.05) is 17.3 Å². The Morgan fingerprint density at radius 2 is 1.91 bits per heavy atom. The van der Waals surface area contributed by atoms with Gasteiger partial charge in [-0.3, -0.25) is 14.9 Å². The first-order valence-corrected chi connectivity index (χ1v) is 7.12. The van der Waals surface area contributed by atoms with Gasteiger partial charge in [0.15, 0.2) is 6.61 Å². The van der Waals surface area contributed by atoms with Crippen LogP contribution < -0.4 is 10.1 Å². The van der Waals surface area contributed by atoms with Gasteiger partial charge in [0.1, 0.15) is 5.75 Å². The summed E-state index contributed by atoms with van der Waals surface area (Å²) in [5.41, 5.74) is 3.36. The molecule has 0 aliphatic rings. The van der Waals surface area contributed by atoms with Crippen molar-refractivity contribution in [3.63, 3.8) is 0 Å². The highest BCUT2D eigenvalue weighted by Gasteiger charge is 2.12. The highest BCUT2D eigenvalue weighted by molar-refractivity contribution is 5.92. The molecule has 0 radical (unpaired) electrons. The Balaban J connectivity index is 1.98. The molecule has 0 saturated heterocycles. The second-order valence-corrected chi connectivity index (χ2v) is 5.29. The number of nitrogens with zero attached hydrogens (tertiary/aromatic N) is 1. The summed E-state index contributed by atoms with van der Waals surface area (Å²) >= 11 is 0. The average Bonchev–Trinajstić information content (AvgIpc) is 2.49. The number of nitro benzene ring substituents is 1. The van der Waals surface area contributed by atoms with Crippen LogP contribution in [-0.4, -0.2) is 17.4 Å². The van der Waals surface area contributed by atoms with Crippen molar-refractivity contribution < 1.29 is 14.5 Å². The third-order valence-electron chi connectivity index (χ3n) is 3.61. The molecule has 6 heteroatoms. The Hall–Kier alpha value is -2.89. The lowest BCUT2D eigenvalue weighted by molar-refractivity contribution is -0.385. The number of rotatable bonds is 5. The minimum atomic E-state index is -0.452. The number of ether oxygens (including phenoxy) is 1. The lowest BCUT2D eigenvalue weighted by Crippen LogP contribution is -2.20. The highest BCUT2D eigenvalue weighted by atomic mass is 16.6. The molecule has 0 spiro atoms. The number of carbonyl (C=O) groups is 1. The number of amides is 1. The summed E-state index contributed by atoms with van der Waals surface area (Å²) in [6.45, 7) is 5.37. The van der Waals surface area contributed by atoms with Gasteiger partial charge in [-0.15, -0.1) is 0 Å². The van der Waals surface area contributed by atoms with Crippen molar-refractivity contribution >= 4 is 17.3 Å². The lowest BCUT2D eigenvalue weighted by Gasteiger charge is -2.11. The van der Waals surface area contributed by atoms with E-state index in [1.54, 1.807) is 13.0 Å². The topological polar surface area (TPSA) is 81.5 Å². The molecule has 23 heavy (non-hydrogen) atoms. The predicted octanol–water partition coefficient (Wildman–Crippen LogP) is 3.54. The summed E-state index contributed by atoms with van der Waals surface area (Å²) in [5.74, 6) is 0.138. The minimum Gasteiger partial charge on any atom is -0.484 e. The maximum atomic E-state index is 12.0. The van der Waals surface area contributed by atoms with Gasteiger partial charge in [-0.1, -0.05) is 12.1 Å². The van der Waals surface area contributed by atoms with Gasteiger partial charge in [0.25, 0.3) is 11.6 Å². The average molecular weight is 314 g/mol. The van der Waals surface area contributed by atoms with E-state index in [1.165, 1.54) is 12.1 Å². The molecule has 1 amide bonds. The molecule has 0 unspecified atom stereocenters. The highest BCUT2D eigenvalue weighted by Crippen LogP contribution is 2.23. The summed E-state index contributed by atoms with van der Waals surface area (Å²) in [7, 11) is 0. The SMILES string of the molecule is Cc1cc(OCC(=O)Nc2cccc(C)c2C)ccc1[N+](=O)[O-]. The summed E-state index contributed by atoms with van der Waals surface area (Å²) in [6, 6.07) is 10.1. The van der Waals surface area contributed by atoms with E-state index in [4.69, 9.17) is 4.74 Å². The van der Waals surface area contributed by atoms with Gasteiger partial charge in [-0.05, 0) is 50.1 Å². The molecule has 2 aromatic rings. The Kier molecular flexibility index (Phi) is 4.95. The molecule has 0 heterocycles. The number of hydrogen-bond donors (Lipinski definition) is 1. The van der Waals surface area contributed by atoms with E-state index in [1.807, 2.05) is 32.0 Å². The van der Waals surface area contributed by atoms with Gasteiger partial charge in [-0.2, -0.15) is 0 Å². The number of aryl methyl sites for hydroxylation is 2. The summed E-state index contributed by atoms with van der Waals surface area (Å²) in [4.78, 5) is 22.3. The Bertz CT molecular complexity index is 756. The molecule has 0 aliphatic carbocycles. The van der Waals surface area contributed by atoms with Crippen LogP contribution in [0.1, 0.15) is 16.7 Å². The Labute approximate surface area is 134 Å². The van der Waals surface area contributed by atoms with E-state index in [0.717, 1.165) is 16.8 Å². The van der Waals surface area contributed by atoms with E-state index >= 15 is 0 Å². The molecule has 0 bridgehead atoms. The first kappa shape index (κ1) is 16.5. The number of nitrogens with one attached hydrogen (secondary N) is 1. The zero-order chi connectivity index (χ0) is 17.0. The van der Waals surface area contributed by atoms with E-state index in [9.17, 15) is 14.9 Å². The van der Waals surface area contributed by atoms with Crippen molar-refractivity contribution in [3.8, 4) is 5.75 Å². The number of carbonyl (C=O) groups excluding carboxylic acids is 1. The van der Waals surface area contributed by atoms with Crippen LogP contribution in [0.4, 0.5) is 11.4 Å². The van der Waals surface area contributed by atoms with Gasteiger partial charge >= 0.3 is 0 Å². The van der Waals surface area contributed by atoms with Crippen molar-refractivity contribution in [2.24, 2.45) is 0 Å². The number of hydrogen-bond acceptors (Lipinski definition) is 4. The Morgan fingerprint density at radius 1 is 1.17 bits per heavy atom. The van der Waals surface area contributed by atoms with Crippen LogP contribution in [0.3, 0.4) is 0 Å². The molecule has 0 aromatic heterocycles. The number of benzene rings is 2. The van der Waals surface area contributed by atoms with Crippen molar-refractivity contribution in [1.82, 2.24) is 0 Å². The molecule has 2 rings (SSSR count). The molecule has 0 fully saturated rings. The molecule has 120 valence electrons. The first-order chi connectivity index (χ1) is 10.9. The van der Waals surface area contributed by atoms with Gasteiger partial charge in [-0.25, -0.2) is 0 Å². The minimum absolute atomic E-state index is 0.0252. The van der Waals surface area contributed by atoms with Gasteiger partial charge < -0.3 is 10.1 Å². The zero-order valence-electron chi connectivity index (χ0n) is 13.3. The van der Waals surface area contributed by atoms with Crippen LogP contribution in [-0.2, 0) is 4.79 Å². The fourth-order valence-corrected chi connectivity index (χ4v) is 2.14. The standard InChI is InChI=1S/C17H18N2O4/c1-11-5-4-6-15(13(11)3)18-17(20)10-23-14-7-8-16(19(21)22)12(2)9-14/h4-9H,10H2,1-3H3,(H,18,20). The quantitative estimate of drug-likeness (QED) is 0.676. The summed E-state index contributed by atoms with van der Waals surface area (Å²) in [6.07, 6.45) is 0. The maximum Gasteiger partial charge on any atom is 0.272 e. The van der Waals surface area contributed by atoms with Crippen LogP contribution in [0.25, 0.3) is 0 Å². The van der Waals surface area contributed by atoms with Crippen LogP contribution in [0.2, 0.25) is 0 Å². The Morgan fingerprint density at radius 3 is 2.57 bits per heavy atom. The fraction of sp³-hybridized carbons (Fsp3) is 0.235. The van der Waals surface area contributed by atoms with E-state index in [0.29, 0.717) is 11.3 Å². The van der Waals surface area contributed by atoms with Crippen molar-refractivity contribution in [2.75, 3.05) is 11.9 Å². The van der Waals surface area contributed by atoms with E-state index in [2.05, 4.69) is 5.32 Å². The van der Waals surface area contributed by atoms with Crippen molar-refractivity contribution in [2.45, 2.75) is 20.8 Å². The van der Waals surface area contributed by atoms with Crippen LogP contribution in [0, 0.1) is 30.9 Å². The fourth-order valence-electron chi connectivity index (χ4n) is 2.14. The van der Waals surface area contributed by atoms with Gasteiger partial charge in [0.05, 0.1) is 4.92 Å². The molecule has 0 aliphatic heterocycles. The molecule has 0 saturated carbocycles. The van der Waals surface area contributed by atoms with Crippen molar-refractivity contribution in [1.29, 1.82) is 0 Å². The van der Waals surface area contributed by atoms with Gasteiger partial charge in [0.2, 0.25) is 0 Å². The van der Waals surface area contributed by atoms with Crippen LogP contribution in [0.5, 0.6) is 5.75 Å². The molecule has 6 nitrogen and oxygen atoms in total.